The van der Waals surface area contributed by atoms with Crippen LogP contribution >= 0.6 is 0 Å². The van der Waals surface area contributed by atoms with E-state index in [2.05, 4.69) is 52.3 Å². The standard InChI is InChI=1S/C27H33N5O2/c1-3-32-26(34)31(19-22-8-6-7-15-28-22)25(33)27(32)13-16-30(17-14-27)20(2)11-12-21-18-29-24-10-5-4-9-23(21)24/h4-10,15,18,20,29H,3,11-14,16-17,19H2,1-2H3/t20-/m1/s1. The zero-order valence-electron chi connectivity index (χ0n) is 20.0. The summed E-state index contributed by atoms with van der Waals surface area (Å²) in [5.41, 5.74) is 2.56. The number of amides is 3. The summed E-state index contributed by atoms with van der Waals surface area (Å²) in [5.74, 6) is -0.0592. The predicted octanol–water partition coefficient (Wildman–Crippen LogP) is 4.20. The van der Waals surface area contributed by atoms with E-state index in [1.807, 2.05) is 25.1 Å². The number of H-pyrrole nitrogens is 1. The highest BCUT2D eigenvalue weighted by Gasteiger charge is 2.57. The van der Waals surface area contributed by atoms with Gasteiger partial charge in [-0.2, -0.15) is 0 Å². The molecule has 0 aliphatic carbocycles. The van der Waals surface area contributed by atoms with E-state index in [0.29, 0.717) is 25.4 Å². The van der Waals surface area contributed by atoms with Crippen molar-refractivity contribution in [3.8, 4) is 0 Å². The van der Waals surface area contributed by atoms with Crippen LogP contribution in [0.5, 0.6) is 0 Å². The lowest BCUT2D eigenvalue weighted by atomic mass is 9.85. The number of carbonyl (C=O) groups excluding carboxylic acids is 2. The number of piperidine rings is 1. The Morgan fingerprint density at radius 1 is 1.09 bits per heavy atom. The van der Waals surface area contributed by atoms with Crippen molar-refractivity contribution in [2.24, 2.45) is 0 Å². The molecule has 5 rings (SSSR count). The molecule has 2 fully saturated rings. The summed E-state index contributed by atoms with van der Waals surface area (Å²) in [5, 5.41) is 1.30. The summed E-state index contributed by atoms with van der Waals surface area (Å²) >= 11 is 0. The number of hydrogen-bond donors (Lipinski definition) is 1. The maximum absolute atomic E-state index is 13.6. The molecule has 178 valence electrons. The van der Waals surface area contributed by atoms with Crippen LogP contribution in [0.4, 0.5) is 4.79 Å². The van der Waals surface area contributed by atoms with Gasteiger partial charge in [0.25, 0.3) is 5.91 Å². The number of benzene rings is 1. The Balaban J connectivity index is 1.23. The molecule has 34 heavy (non-hydrogen) atoms. The molecule has 1 spiro atoms. The number of para-hydroxylation sites is 1. The number of nitrogens with zero attached hydrogens (tertiary/aromatic N) is 4. The number of likely N-dealkylation sites (tertiary alicyclic amines) is 1. The second-order valence-electron chi connectivity index (χ2n) is 9.55. The number of nitrogens with one attached hydrogen (secondary N) is 1. The van der Waals surface area contributed by atoms with Crippen molar-refractivity contribution in [1.29, 1.82) is 0 Å². The quantitative estimate of drug-likeness (QED) is 0.538. The molecule has 1 N–H and O–H groups in total. The van der Waals surface area contributed by atoms with Crippen molar-refractivity contribution >= 4 is 22.8 Å². The van der Waals surface area contributed by atoms with Crippen LogP contribution in [-0.4, -0.2) is 67.8 Å². The van der Waals surface area contributed by atoms with Crippen LogP contribution in [0.2, 0.25) is 0 Å². The molecule has 2 aromatic heterocycles. The predicted molar refractivity (Wildman–Crippen MR) is 132 cm³/mol. The van der Waals surface area contributed by atoms with Crippen LogP contribution in [-0.2, 0) is 17.8 Å². The number of hydrogen-bond acceptors (Lipinski definition) is 4. The van der Waals surface area contributed by atoms with Crippen LogP contribution in [0.25, 0.3) is 10.9 Å². The van der Waals surface area contributed by atoms with Crippen LogP contribution in [0, 0.1) is 0 Å². The number of likely N-dealkylation sites (N-methyl/N-ethyl adjacent to an activating group) is 1. The van der Waals surface area contributed by atoms with Gasteiger partial charge in [-0.1, -0.05) is 24.3 Å². The van der Waals surface area contributed by atoms with E-state index in [-0.39, 0.29) is 18.5 Å². The Morgan fingerprint density at radius 3 is 2.59 bits per heavy atom. The highest BCUT2D eigenvalue weighted by Crippen LogP contribution is 2.38. The van der Waals surface area contributed by atoms with Gasteiger partial charge in [0.2, 0.25) is 0 Å². The lowest BCUT2D eigenvalue weighted by Gasteiger charge is -2.43. The van der Waals surface area contributed by atoms with Crippen molar-refractivity contribution in [1.82, 2.24) is 24.7 Å². The monoisotopic (exact) mass is 459 g/mol. The van der Waals surface area contributed by atoms with Crippen LogP contribution in [0.1, 0.15) is 44.4 Å². The maximum atomic E-state index is 13.6. The van der Waals surface area contributed by atoms with Gasteiger partial charge in [0.05, 0.1) is 12.2 Å². The number of urea groups is 1. The van der Waals surface area contributed by atoms with E-state index in [1.165, 1.54) is 21.4 Å². The molecule has 2 aliphatic rings. The number of aromatic amines is 1. The van der Waals surface area contributed by atoms with Crippen molar-refractivity contribution in [2.45, 2.75) is 57.7 Å². The minimum Gasteiger partial charge on any atom is -0.361 e. The number of carbonyl (C=O) groups is 2. The Morgan fingerprint density at radius 2 is 1.85 bits per heavy atom. The van der Waals surface area contributed by atoms with E-state index >= 15 is 0 Å². The highest BCUT2D eigenvalue weighted by atomic mass is 16.2. The molecule has 3 aromatic rings. The molecule has 1 atom stereocenters. The third kappa shape index (κ3) is 3.88. The Labute approximate surface area is 200 Å². The van der Waals surface area contributed by atoms with Gasteiger partial charge in [-0.15, -0.1) is 0 Å². The first-order valence-corrected chi connectivity index (χ1v) is 12.4. The lowest BCUT2D eigenvalue weighted by molar-refractivity contribution is -0.136. The summed E-state index contributed by atoms with van der Waals surface area (Å²) in [4.78, 5) is 40.1. The molecule has 0 bridgehead atoms. The topological polar surface area (TPSA) is 72.5 Å². The first-order chi connectivity index (χ1) is 16.5. The normalized spacial score (nSPS) is 19.5. The van der Waals surface area contributed by atoms with Crippen molar-refractivity contribution in [2.75, 3.05) is 19.6 Å². The Bertz CT molecular complexity index is 1170. The van der Waals surface area contributed by atoms with Crippen molar-refractivity contribution in [3.05, 3.63) is 66.1 Å². The van der Waals surface area contributed by atoms with Crippen LogP contribution in [0.3, 0.4) is 0 Å². The van der Waals surface area contributed by atoms with Gasteiger partial charge < -0.3 is 14.8 Å². The van der Waals surface area contributed by atoms with E-state index in [1.54, 1.807) is 11.1 Å². The average Bonchev–Trinajstić information content (AvgIpc) is 3.36. The van der Waals surface area contributed by atoms with Gasteiger partial charge in [-0.3, -0.25) is 14.7 Å². The fourth-order valence-corrected chi connectivity index (χ4v) is 5.72. The molecule has 3 amide bonds. The van der Waals surface area contributed by atoms with Crippen LogP contribution in [0.15, 0.2) is 54.9 Å². The molecular weight excluding hydrogens is 426 g/mol. The Hall–Kier alpha value is -3.19. The molecule has 4 heterocycles. The molecule has 1 aromatic carbocycles. The molecule has 0 unspecified atom stereocenters. The van der Waals surface area contributed by atoms with E-state index in [0.717, 1.165) is 31.6 Å². The first kappa shape index (κ1) is 22.6. The third-order valence-electron chi connectivity index (χ3n) is 7.74. The molecule has 2 aliphatic heterocycles. The largest absolute Gasteiger partial charge is 0.361 e. The van der Waals surface area contributed by atoms with Gasteiger partial charge in [0, 0.05) is 49.0 Å². The molecule has 0 radical (unpaired) electrons. The number of fused-ring (bicyclic) bond motifs is 1. The number of rotatable bonds is 7. The summed E-state index contributed by atoms with van der Waals surface area (Å²) in [6, 6.07) is 14.3. The number of pyridine rings is 1. The highest BCUT2D eigenvalue weighted by molar-refractivity contribution is 6.07. The SMILES string of the molecule is CCN1C(=O)N(Cc2ccccn2)C(=O)C12CCN([C@H](C)CCc1c[nH]c3ccccc13)CC2. The summed E-state index contributed by atoms with van der Waals surface area (Å²) < 4.78 is 0. The maximum Gasteiger partial charge on any atom is 0.328 e. The van der Waals surface area contributed by atoms with Crippen molar-refractivity contribution in [3.63, 3.8) is 0 Å². The van der Waals surface area contributed by atoms with E-state index in [4.69, 9.17) is 0 Å². The smallest absolute Gasteiger partial charge is 0.328 e. The van der Waals surface area contributed by atoms with E-state index < -0.39 is 5.54 Å². The molecule has 7 nitrogen and oxygen atoms in total. The minimum absolute atomic E-state index is 0.0592. The van der Waals surface area contributed by atoms with Crippen molar-refractivity contribution < 1.29 is 9.59 Å². The van der Waals surface area contributed by atoms with Gasteiger partial charge in [-0.05, 0) is 63.3 Å². The summed E-state index contributed by atoms with van der Waals surface area (Å²) in [7, 11) is 0. The zero-order valence-corrected chi connectivity index (χ0v) is 20.0. The van der Waals surface area contributed by atoms with Gasteiger partial charge in [0.1, 0.15) is 5.54 Å². The number of imide groups is 1. The third-order valence-corrected chi connectivity index (χ3v) is 7.74. The lowest BCUT2D eigenvalue weighted by Crippen LogP contribution is -2.57. The second-order valence-corrected chi connectivity index (χ2v) is 9.55. The zero-order chi connectivity index (χ0) is 23.7. The summed E-state index contributed by atoms with van der Waals surface area (Å²) in [6.07, 6.45) is 7.27. The fourth-order valence-electron chi connectivity index (χ4n) is 5.72. The van der Waals surface area contributed by atoms with E-state index in [9.17, 15) is 9.59 Å². The van der Waals surface area contributed by atoms with Crippen LogP contribution < -0.4 is 0 Å². The molecule has 0 saturated carbocycles. The number of aromatic nitrogens is 2. The Kier molecular flexibility index (Phi) is 6.13. The first-order valence-electron chi connectivity index (χ1n) is 12.4. The van der Waals surface area contributed by atoms with Gasteiger partial charge in [0.15, 0.2) is 0 Å². The molecule has 7 heteroatoms. The average molecular weight is 460 g/mol. The number of aryl methyl sites for hydroxylation is 1. The van der Waals surface area contributed by atoms with Gasteiger partial charge in [-0.25, -0.2) is 4.79 Å². The second kappa shape index (κ2) is 9.22. The fraction of sp³-hybridized carbons (Fsp3) is 0.444. The summed E-state index contributed by atoms with van der Waals surface area (Å²) in [6.45, 7) is 6.66. The minimum atomic E-state index is -0.715. The molecular formula is C27H33N5O2. The van der Waals surface area contributed by atoms with Gasteiger partial charge >= 0.3 is 6.03 Å². The molecule has 2 saturated heterocycles.